The van der Waals surface area contributed by atoms with E-state index < -0.39 is 21.7 Å². The lowest BCUT2D eigenvalue weighted by Crippen LogP contribution is -2.15. The summed E-state index contributed by atoms with van der Waals surface area (Å²) >= 11 is 3.29. The van der Waals surface area contributed by atoms with Gasteiger partial charge in [-0.1, -0.05) is 35.0 Å². The maximum Gasteiger partial charge on any atom is 0.310 e. The van der Waals surface area contributed by atoms with Gasteiger partial charge in [0.15, 0.2) is 0 Å². The molecule has 0 aliphatic carbocycles. The molecule has 0 amide bonds. The summed E-state index contributed by atoms with van der Waals surface area (Å²) in [5.41, 5.74) is 0.699. The first kappa shape index (κ1) is 16.2. The van der Waals surface area contributed by atoms with Gasteiger partial charge < -0.3 is 5.11 Å². The molecule has 0 heterocycles. The summed E-state index contributed by atoms with van der Waals surface area (Å²) < 4.78 is 23.6. The van der Waals surface area contributed by atoms with Crippen molar-refractivity contribution in [3.05, 3.63) is 34.3 Å². The third-order valence-electron chi connectivity index (χ3n) is 2.96. The van der Waals surface area contributed by atoms with Gasteiger partial charge in [0.25, 0.3) is 0 Å². The molecule has 0 saturated heterocycles. The first-order valence-corrected chi connectivity index (χ1v) is 8.66. The van der Waals surface area contributed by atoms with Crippen LogP contribution in [0.25, 0.3) is 0 Å². The molecule has 1 aromatic carbocycles. The van der Waals surface area contributed by atoms with Crippen LogP contribution in [0.15, 0.2) is 28.7 Å². The first-order chi connectivity index (χ1) is 8.85. The van der Waals surface area contributed by atoms with E-state index in [0.717, 1.165) is 4.47 Å². The monoisotopic (exact) mass is 348 g/mol. The Morgan fingerprint density at radius 3 is 2.37 bits per heavy atom. The van der Waals surface area contributed by atoms with E-state index in [-0.39, 0.29) is 11.5 Å². The highest BCUT2D eigenvalue weighted by Gasteiger charge is 2.20. The Kier molecular flexibility index (Phi) is 6.00. The van der Waals surface area contributed by atoms with Crippen molar-refractivity contribution in [1.82, 2.24) is 0 Å². The molecular weight excluding hydrogens is 332 g/mol. The molecular formula is C13H17BrO4S. The third kappa shape index (κ3) is 5.32. The molecule has 0 aromatic heterocycles. The zero-order chi connectivity index (χ0) is 14.5. The largest absolute Gasteiger partial charge is 0.481 e. The summed E-state index contributed by atoms with van der Waals surface area (Å²) in [7, 11) is -3.03. The number of hydrogen-bond donors (Lipinski definition) is 1. The summed E-state index contributed by atoms with van der Waals surface area (Å²) in [5, 5.41) is 9.22. The van der Waals surface area contributed by atoms with Gasteiger partial charge in [-0.05, 0) is 30.5 Å². The van der Waals surface area contributed by atoms with Crippen molar-refractivity contribution in [2.45, 2.75) is 25.7 Å². The summed E-state index contributed by atoms with van der Waals surface area (Å²) in [6, 6.07) is 7.07. The van der Waals surface area contributed by atoms with Crippen LogP contribution in [0.5, 0.6) is 0 Å². The molecule has 1 aromatic rings. The molecule has 6 heteroatoms. The Labute approximate surface area is 121 Å². The van der Waals surface area contributed by atoms with Gasteiger partial charge in [0.1, 0.15) is 9.84 Å². The molecule has 0 bridgehead atoms. The maximum absolute atomic E-state index is 11.4. The number of sulfone groups is 1. The highest BCUT2D eigenvalue weighted by atomic mass is 79.9. The van der Waals surface area contributed by atoms with Gasteiger partial charge in [-0.2, -0.15) is 0 Å². The average molecular weight is 349 g/mol. The molecule has 1 unspecified atom stereocenters. The van der Waals surface area contributed by atoms with E-state index in [1.54, 1.807) is 31.2 Å². The van der Waals surface area contributed by atoms with Crippen molar-refractivity contribution in [2.24, 2.45) is 0 Å². The fourth-order valence-corrected chi connectivity index (χ4v) is 2.94. The van der Waals surface area contributed by atoms with Crippen LogP contribution in [0.4, 0.5) is 0 Å². The number of halogens is 1. The number of aliphatic carboxylic acids is 1. The van der Waals surface area contributed by atoms with E-state index in [4.69, 9.17) is 0 Å². The lowest BCUT2D eigenvalue weighted by molar-refractivity contribution is -0.139. The summed E-state index contributed by atoms with van der Waals surface area (Å²) in [5.74, 6) is -1.43. The highest BCUT2D eigenvalue weighted by molar-refractivity contribution is 9.10. The number of carbonyl (C=O) groups is 1. The molecule has 0 fully saturated rings. The van der Waals surface area contributed by atoms with Crippen molar-refractivity contribution in [3.8, 4) is 0 Å². The topological polar surface area (TPSA) is 71.4 Å². The zero-order valence-corrected chi connectivity index (χ0v) is 13.1. The first-order valence-electron chi connectivity index (χ1n) is 6.04. The van der Waals surface area contributed by atoms with Gasteiger partial charge in [0.2, 0.25) is 0 Å². The van der Waals surface area contributed by atoms with E-state index in [2.05, 4.69) is 15.9 Å². The normalized spacial score (nSPS) is 13.2. The van der Waals surface area contributed by atoms with E-state index in [1.165, 1.54) is 0 Å². The minimum atomic E-state index is -3.03. The second kappa shape index (κ2) is 7.05. The number of carboxylic acids is 1. The van der Waals surface area contributed by atoms with Gasteiger partial charge in [-0.3, -0.25) is 4.79 Å². The number of carboxylic acid groups (broad SMARTS) is 1. The lowest BCUT2D eigenvalue weighted by Gasteiger charge is -2.12. The number of benzene rings is 1. The van der Waals surface area contributed by atoms with Gasteiger partial charge in [-0.15, -0.1) is 0 Å². The van der Waals surface area contributed by atoms with E-state index >= 15 is 0 Å². The molecule has 19 heavy (non-hydrogen) atoms. The maximum atomic E-state index is 11.4. The van der Waals surface area contributed by atoms with Crippen molar-refractivity contribution in [1.29, 1.82) is 0 Å². The Balaban J connectivity index is 2.69. The van der Waals surface area contributed by atoms with Crippen molar-refractivity contribution in [3.63, 3.8) is 0 Å². The van der Waals surface area contributed by atoms with Crippen LogP contribution in [0.1, 0.15) is 31.2 Å². The molecule has 1 atom stereocenters. The van der Waals surface area contributed by atoms with Gasteiger partial charge in [0.05, 0.1) is 11.7 Å². The number of hydrogen-bond acceptors (Lipinski definition) is 3. The SMILES string of the molecule is CCS(=O)(=O)CCCC(C(=O)O)c1ccc(Br)cc1. The van der Waals surface area contributed by atoms with E-state index in [1.807, 2.05) is 0 Å². The second-order valence-corrected chi connectivity index (χ2v) is 7.71. The molecule has 106 valence electrons. The van der Waals surface area contributed by atoms with Crippen molar-refractivity contribution >= 4 is 31.7 Å². The van der Waals surface area contributed by atoms with Crippen LogP contribution < -0.4 is 0 Å². The third-order valence-corrected chi connectivity index (χ3v) is 5.28. The van der Waals surface area contributed by atoms with Crippen LogP contribution in [-0.4, -0.2) is 31.0 Å². The Hall–Kier alpha value is -0.880. The zero-order valence-electron chi connectivity index (χ0n) is 10.7. The fraction of sp³-hybridized carbons (Fsp3) is 0.462. The quantitative estimate of drug-likeness (QED) is 0.822. The predicted molar refractivity (Wildman–Crippen MR) is 78.1 cm³/mol. The van der Waals surface area contributed by atoms with Gasteiger partial charge in [-0.25, -0.2) is 8.42 Å². The second-order valence-electron chi connectivity index (χ2n) is 4.32. The summed E-state index contributed by atoms with van der Waals surface area (Å²) in [6.45, 7) is 1.60. The predicted octanol–water partition coefficient (Wildman–Crippen LogP) is 2.83. The summed E-state index contributed by atoms with van der Waals surface area (Å²) in [4.78, 5) is 11.2. The van der Waals surface area contributed by atoms with Gasteiger partial charge >= 0.3 is 5.97 Å². The standard InChI is InChI=1S/C13H17BrO4S/c1-2-19(17,18)9-3-4-12(13(15)16)10-5-7-11(14)8-6-10/h5-8,12H,2-4,9H2,1H3,(H,15,16). The lowest BCUT2D eigenvalue weighted by atomic mass is 9.95. The van der Waals surface area contributed by atoms with Crippen LogP contribution >= 0.6 is 15.9 Å². The molecule has 0 aliphatic heterocycles. The smallest absolute Gasteiger partial charge is 0.310 e. The van der Waals surface area contributed by atoms with Crippen molar-refractivity contribution < 1.29 is 18.3 Å². The molecule has 4 nitrogen and oxygen atoms in total. The molecule has 0 saturated carbocycles. The minimum Gasteiger partial charge on any atom is -0.481 e. The van der Waals surface area contributed by atoms with Crippen LogP contribution in [0, 0.1) is 0 Å². The average Bonchev–Trinajstić information content (AvgIpc) is 2.36. The van der Waals surface area contributed by atoms with Gasteiger partial charge in [0, 0.05) is 10.2 Å². The molecule has 0 spiro atoms. The molecule has 0 radical (unpaired) electrons. The van der Waals surface area contributed by atoms with E-state index in [0.29, 0.717) is 18.4 Å². The van der Waals surface area contributed by atoms with Crippen LogP contribution in [-0.2, 0) is 14.6 Å². The molecule has 1 N–H and O–H groups in total. The fourth-order valence-electron chi connectivity index (χ4n) is 1.78. The molecule has 0 aliphatic rings. The Bertz CT molecular complexity index is 522. The minimum absolute atomic E-state index is 0.0454. The highest BCUT2D eigenvalue weighted by Crippen LogP contribution is 2.23. The van der Waals surface area contributed by atoms with Crippen molar-refractivity contribution in [2.75, 3.05) is 11.5 Å². The van der Waals surface area contributed by atoms with E-state index in [9.17, 15) is 18.3 Å². The number of rotatable bonds is 7. The summed E-state index contributed by atoms with van der Waals surface area (Å²) in [6.07, 6.45) is 0.694. The van der Waals surface area contributed by atoms with Crippen LogP contribution in [0.3, 0.4) is 0 Å². The molecule has 1 rings (SSSR count). The Morgan fingerprint density at radius 2 is 1.89 bits per heavy atom. The van der Waals surface area contributed by atoms with Crippen LogP contribution in [0.2, 0.25) is 0 Å². The Morgan fingerprint density at radius 1 is 1.32 bits per heavy atom.